The molecule has 0 atom stereocenters. The average molecular weight is 504 g/mol. The summed E-state index contributed by atoms with van der Waals surface area (Å²) in [6.45, 7) is 3.29. The molecule has 4 rings (SSSR count). The van der Waals surface area contributed by atoms with Crippen molar-refractivity contribution in [2.75, 3.05) is 5.32 Å². The van der Waals surface area contributed by atoms with Crippen LogP contribution in [-0.4, -0.2) is 20.6 Å². The zero-order valence-electron chi connectivity index (χ0n) is 17.5. The van der Waals surface area contributed by atoms with Crippen molar-refractivity contribution in [3.8, 4) is 22.8 Å². The van der Waals surface area contributed by atoms with Crippen molar-refractivity contribution in [3.63, 3.8) is 0 Å². The fourth-order valence-corrected chi connectivity index (χ4v) is 3.93. The van der Waals surface area contributed by atoms with Gasteiger partial charge in [-0.25, -0.2) is 0 Å². The zero-order chi connectivity index (χ0) is 23.7. The second-order valence-electron chi connectivity index (χ2n) is 7.34. The van der Waals surface area contributed by atoms with Crippen LogP contribution in [0.3, 0.4) is 0 Å². The lowest BCUT2D eigenvalue weighted by molar-refractivity contribution is -0.116. The minimum absolute atomic E-state index is 0.0670. The third-order valence-corrected chi connectivity index (χ3v) is 5.75. The van der Waals surface area contributed by atoms with Crippen LogP contribution in [0.25, 0.3) is 22.8 Å². The maximum atomic E-state index is 13.3. The Hall–Kier alpha value is -3.13. The minimum Gasteiger partial charge on any atom is -0.333 e. The van der Waals surface area contributed by atoms with E-state index in [1.807, 2.05) is 0 Å². The van der Waals surface area contributed by atoms with E-state index in [2.05, 4.69) is 15.5 Å². The van der Waals surface area contributed by atoms with Crippen LogP contribution in [0.2, 0.25) is 15.1 Å². The Kier molecular flexibility index (Phi) is 6.56. The number of benzene rings is 2. The Morgan fingerprint density at radius 1 is 1.03 bits per heavy atom. The van der Waals surface area contributed by atoms with Gasteiger partial charge in [0.05, 0.1) is 10.7 Å². The molecule has 33 heavy (non-hydrogen) atoms. The third-order valence-electron chi connectivity index (χ3n) is 4.95. The van der Waals surface area contributed by atoms with Crippen molar-refractivity contribution in [1.82, 2.24) is 14.7 Å². The third kappa shape index (κ3) is 4.95. The number of hydrogen-bond donors (Lipinski definition) is 1. The Morgan fingerprint density at radius 2 is 1.73 bits per heavy atom. The molecule has 10 heteroatoms. The summed E-state index contributed by atoms with van der Waals surface area (Å²) in [7, 11) is 0. The van der Waals surface area contributed by atoms with E-state index in [-0.39, 0.29) is 18.0 Å². The average Bonchev–Trinajstić information content (AvgIpc) is 3.23. The smallest absolute Gasteiger partial charge is 0.264 e. The first-order chi connectivity index (χ1) is 15.7. The number of aryl methyl sites for hydroxylation is 2. The highest BCUT2D eigenvalue weighted by Gasteiger charge is 2.20. The molecule has 1 N–H and O–H groups in total. The molecule has 0 saturated heterocycles. The van der Waals surface area contributed by atoms with E-state index >= 15 is 0 Å². The van der Waals surface area contributed by atoms with Crippen LogP contribution in [0.1, 0.15) is 11.3 Å². The number of nitrogens with zero attached hydrogens (tertiary/aromatic N) is 3. The van der Waals surface area contributed by atoms with E-state index in [9.17, 15) is 9.59 Å². The molecule has 2 aromatic carbocycles. The molecule has 0 bridgehead atoms. The van der Waals surface area contributed by atoms with Crippen LogP contribution in [0.15, 0.2) is 57.8 Å². The van der Waals surface area contributed by atoms with Gasteiger partial charge >= 0.3 is 0 Å². The van der Waals surface area contributed by atoms with Crippen LogP contribution in [0, 0.1) is 13.8 Å². The molecule has 4 aromatic rings. The maximum Gasteiger partial charge on any atom is 0.264 e. The summed E-state index contributed by atoms with van der Waals surface area (Å²) in [5.74, 6) is -0.0355. The molecule has 7 nitrogen and oxygen atoms in total. The van der Waals surface area contributed by atoms with Crippen LogP contribution in [-0.2, 0) is 11.3 Å². The summed E-state index contributed by atoms with van der Waals surface area (Å²) in [4.78, 5) is 30.3. The van der Waals surface area contributed by atoms with E-state index in [1.54, 1.807) is 56.3 Å². The molecule has 0 aliphatic rings. The summed E-state index contributed by atoms with van der Waals surface area (Å²) >= 11 is 17.9. The Bertz CT molecular complexity index is 1410. The second kappa shape index (κ2) is 9.39. The van der Waals surface area contributed by atoms with Crippen molar-refractivity contribution in [2.45, 2.75) is 20.4 Å². The first-order valence-corrected chi connectivity index (χ1v) is 10.9. The normalized spacial score (nSPS) is 10.9. The van der Waals surface area contributed by atoms with Crippen molar-refractivity contribution in [2.24, 2.45) is 0 Å². The van der Waals surface area contributed by atoms with Gasteiger partial charge in [0.25, 0.3) is 11.4 Å². The van der Waals surface area contributed by atoms with Gasteiger partial charge in [-0.3, -0.25) is 9.59 Å². The molecule has 0 saturated carbocycles. The van der Waals surface area contributed by atoms with E-state index in [1.165, 1.54) is 10.6 Å². The van der Waals surface area contributed by atoms with Gasteiger partial charge in [0, 0.05) is 21.3 Å². The summed E-state index contributed by atoms with van der Waals surface area (Å²) in [6, 6.07) is 13.4. The number of nitrogens with one attached hydrogen (secondary N) is 1. The van der Waals surface area contributed by atoms with E-state index in [0.717, 1.165) is 0 Å². The number of anilines is 1. The number of aromatic nitrogens is 3. The fourth-order valence-electron chi connectivity index (χ4n) is 3.35. The van der Waals surface area contributed by atoms with Crippen molar-refractivity contribution in [3.05, 3.63) is 85.2 Å². The number of hydrogen-bond acceptors (Lipinski definition) is 5. The topological polar surface area (TPSA) is 90.0 Å². The molecule has 0 unspecified atom stereocenters. The molecule has 2 heterocycles. The van der Waals surface area contributed by atoms with Gasteiger partial charge in [-0.2, -0.15) is 4.98 Å². The lowest BCUT2D eigenvalue weighted by Crippen LogP contribution is -2.30. The van der Waals surface area contributed by atoms with Crippen molar-refractivity contribution in [1.29, 1.82) is 0 Å². The zero-order valence-corrected chi connectivity index (χ0v) is 19.8. The van der Waals surface area contributed by atoms with E-state index in [4.69, 9.17) is 39.3 Å². The molecular formula is C23H17Cl3N4O3. The van der Waals surface area contributed by atoms with Crippen LogP contribution in [0.4, 0.5) is 5.69 Å². The van der Waals surface area contributed by atoms with Gasteiger partial charge in [0.1, 0.15) is 12.1 Å². The fraction of sp³-hybridized carbons (Fsp3) is 0.130. The Labute approximate surface area is 203 Å². The van der Waals surface area contributed by atoms with E-state index in [0.29, 0.717) is 43.4 Å². The Balaban J connectivity index is 1.64. The van der Waals surface area contributed by atoms with Crippen LogP contribution in [0.5, 0.6) is 0 Å². The SMILES string of the molecule is Cc1cc(C)n(CC(=O)Nc2ccc(Cl)cc2Cl)c(=O)c1-c1nc(-c2ccc(Cl)cc2)no1. The van der Waals surface area contributed by atoms with E-state index < -0.39 is 11.5 Å². The highest BCUT2D eigenvalue weighted by atomic mass is 35.5. The van der Waals surface area contributed by atoms with Gasteiger partial charge in [-0.1, -0.05) is 40.0 Å². The monoisotopic (exact) mass is 502 g/mol. The summed E-state index contributed by atoms with van der Waals surface area (Å²) in [5.41, 5.74) is 2.16. The van der Waals surface area contributed by atoms with Crippen LogP contribution < -0.4 is 10.9 Å². The molecule has 168 valence electrons. The first-order valence-electron chi connectivity index (χ1n) is 9.79. The lowest BCUT2D eigenvalue weighted by atomic mass is 10.1. The molecule has 0 fully saturated rings. The van der Waals surface area contributed by atoms with Crippen LogP contribution >= 0.6 is 34.8 Å². The van der Waals surface area contributed by atoms with Gasteiger partial charge in [-0.15, -0.1) is 0 Å². The van der Waals surface area contributed by atoms with Gasteiger partial charge < -0.3 is 14.4 Å². The molecule has 2 aromatic heterocycles. The standard InChI is InChI=1S/C23H17Cl3N4O3/c1-12-9-13(2)30(11-19(31)27-18-8-7-16(25)10-17(18)26)23(32)20(12)22-28-21(29-33-22)14-3-5-15(24)6-4-14/h3-10H,11H2,1-2H3,(H,27,31). The van der Waals surface area contributed by atoms with Gasteiger partial charge in [0.15, 0.2) is 0 Å². The number of amides is 1. The summed E-state index contributed by atoms with van der Waals surface area (Å²) in [6.07, 6.45) is 0. The molecule has 0 aliphatic heterocycles. The second-order valence-corrected chi connectivity index (χ2v) is 8.62. The maximum absolute atomic E-state index is 13.3. The largest absolute Gasteiger partial charge is 0.333 e. The predicted molar refractivity (Wildman–Crippen MR) is 129 cm³/mol. The molecule has 1 amide bonds. The van der Waals surface area contributed by atoms with Crippen molar-refractivity contribution >= 4 is 46.4 Å². The number of carbonyl (C=O) groups is 1. The first kappa shape index (κ1) is 23.0. The number of halogens is 3. The summed E-state index contributed by atoms with van der Waals surface area (Å²) in [5, 5.41) is 8.00. The lowest BCUT2D eigenvalue weighted by Gasteiger charge is -2.13. The molecule has 0 aliphatic carbocycles. The highest BCUT2D eigenvalue weighted by Crippen LogP contribution is 2.26. The van der Waals surface area contributed by atoms with Gasteiger partial charge in [-0.05, 0) is 67.9 Å². The molecule has 0 radical (unpaired) electrons. The number of carbonyl (C=O) groups excluding carboxylic acids is 1. The quantitative estimate of drug-likeness (QED) is 0.373. The predicted octanol–water partition coefficient (Wildman–Crippen LogP) is 5.78. The number of rotatable bonds is 5. The minimum atomic E-state index is -0.424. The Morgan fingerprint density at radius 3 is 2.42 bits per heavy atom. The van der Waals surface area contributed by atoms with Gasteiger partial charge in [0.2, 0.25) is 11.7 Å². The molecular weight excluding hydrogens is 487 g/mol. The molecule has 0 spiro atoms. The highest BCUT2D eigenvalue weighted by molar-refractivity contribution is 6.36. The van der Waals surface area contributed by atoms with Crippen molar-refractivity contribution < 1.29 is 9.32 Å². The summed E-state index contributed by atoms with van der Waals surface area (Å²) < 4.78 is 6.72. The number of pyridine rings is 1.